The van der Waals surface area contributed by atoms with Crippen molar-refractivity contribution in [1.82, 2.24) is 34.7 Å². The molecule has 5 N–H and O–H groups in total. The molecular weight excluding hydrogens is 468 g/mol. The van der Waals surface area contributed by atoms with Crippen LogP contribution in [-0.4, -0.2) is 89.4 Å². The predicted molar refractivity (Wildman–Crippen MR) is 127 cm³/mol. The maximum atomic E-state index is 12.8. The molecular formula is C23H26N8O5. The molecule has 4 heterocycles. The van der Waals surface area contributed by atoms with Gasteiger partial charge in [-0.15, -0.1) is 0 Å². The number of hydrogen-bond donors (Lipinski definition) is 4. The Morgan fingerprint density at radius 1 is 1.31 bits per heavy atom. The number of amides is 2. The highest BCUT2D eigenvalue weighted by Crippen LogP contribution is 2.32. The molecule has 2 amide bonds. The number of fused-ring (bicyclic) bond motifs is 1. The molecule has 13 nitrogen and oxygen atoms in total. The Kier molecular flexibility index (Phi) is 7.11. The van der Waals surface area contributed by atoms with Crippen molar-refractivity contribution in [1.29, 1.82) is 0 Å². The zero-order valence-electron chi connectivity index (χ0n) is 19.9. The monoisotopic (exact) mass is 494 g/mol. The summed E-state index contributed by atoms with van der Waals surface area (Å²) in [7, 11) is 1.40. The third kappa shape index (κ3) is 4.69. The van der Waals surface area contributed by atoms with E-state index in [9.17, 15) is 19.8 Å². The summed E-state index contributed by atoms with van der Waals surface area (Å²) in [5, 5.41) is 23.1. The molecule has 1 saturated heterocycles. The Morgan fingerprint density at radius 2 is 2.08 bits per heavy atom. The maximum absolute atomic E-state index is 12.8. The van der Waals surface area contributed by atoms with Crippen LogP contribution < -0.4 is 11.1 Å². The average Bonchev–Trinajstić information content (AvgIpc) is 3.42. The van der Waals surface area contributed by atoms with Gasteiger partial charge in [0, 0.05) is 25.5 Å². The quantitative estimate of drug-likeness (QED) is 0.323. The molecule has 1 aliphatic rings. The first-order valence-corrected chi connectivity index (χ1v) is 11.2. The Labute approximate surface area is 206 Å². The lowest BCUT2D eigenvalue weighted by atomic mass is 10.1. The molecule has 1 fully saturated rings. The van der Waals surface area contributed by atoms with E-state index >= 15 is 0 Å². The van der Waals surface area contributed by atoms with E-state index in [0.29, 0.717) is 5.56 Å². The molecule has 0 aromatic carbocycles. The lowest BCUT2D eigenvalue weighted by Gasteiger charge is -2.24. The highest BCUT2D eigenvalue weighted by molar-refractivity contribution is 5.94. The summed E-state index contributed by atoms with van der Waals surface area (Å²) in [4.78, 5) is 43.1. The number of nitrogen functional groups attached to an aromatic ring is 1. The van der Waals surface area contributed by atoms with Gasteiger partial charge in [-0.25, -0.2) is 15.0 Å². The van der Waals surface area contributed by atoms with Crippen LogP contribution in [0.5, 0.6) is 0 Å². The molecule has 4 atom stereocenters. The van der Waals surface area contributed by atoms with Crippen LogP contribution in [0.1, 0.15) is 36.3 Å². The fourth-order valence-electron chi connectivity index (χ4n) is 3.78. The number of likely N-dealkylation sites (N-methyl/N-ethyl adjacent to an activating group) is 1. The number of aromatic nitrogens is 5. The van der Waals surface area contributed by atoms with E-state index in [1.807, 2.05) is 13.8 Å². The van der Waals surface area contributed by atoms with Crippen molar-refractivity contribution >= 4 is 28.8 Å². The largest absolute Gasteiger partial charge is 0.387 e. The van der Waals surface area contributed by atoms with Gasteiger partial charge in [0.15, 0.2) is 23.8 Å². The van der Waals surface area contributed by atoms with Gasteiger partial charge in [0.1, 0.15) is 17.7 Å². The summed E-state index contributed by atoms with van der Waals surface area (Å²) in [6.45, 7) is 3.86. The van der Waals surface area contributed by atoms with Crippen LogP contribution in [-0.2, 0) is 9.53 Å². The highest BCUT2D eigenvalue weighted by Gasteiger charge is 2.47. The number of pyridine rings is 1. The van der Waals surface area contributed by atoms with Gasteiger partial charge in [0.25, 0.3) is 11.8 Å². The van der Waals surface area contributed by atoms with Gasteiger partial charge in [0.2, 0.25) is 5.82 Å². The van der Waals surface area contributed by atoms with Crippen LogP contribution in [0.15, 0.2) is 30.9 Å². The van der Waals surface area contributed by atoms with Crippen LogP contribution in [0.4, 0.5) is 5.82 Å². The number of aliphatic hydroxyl groups excluding tert-OH is 2. The minimum Gasteiger partial charge on any atom is -0.387 e. The fraction of sp³-hybridized carbons (Fsp3) is 0.391. The Bertz CT molecular complexity index is 1330. The van der Waals surface area contributed by atoms with Crippen molar-refractivity contribution < 1.29 is 24.5 Å². The number of hydrogen-bond acceptors (Lipinski definition) is 10. The molecule has 0 saturated carbocycles. The number of imidazole rings is 1. The van der Waals surface area contributed by atoms with Gasteiger partial charge < -0.3 is 30.9 Å². The van der Waals surface area contributed by atoms with Gasteiger partial charge in [-0.05, 0) is 31.9 Å². The van der Waals surface area contributed by atoms with Crippen molar-refractivity contribution in [3.63, 3.8) is 0 Å². The normalized spacial score (nSPS) is 21.3. The maximum Gasteiger partial charge on any atom is 0.256 e. The smallest absolute Gasteiger partial charge is 0.256 e. The van der Waals surface area contributed by atoms with E-state index in [2.05, 4.69) is 37.1 Å². The summed E-state index contributed by atoms with van der Waals surface area (Å²) in [6, 6.07) is 3.25. The molecule has 188 valence electrons. The highest BCUT2D eigenvalue weighted by atomic mass is 16.6. The van der Waals surface area contributed by atoms with Crippen molar-refractivity contribution in [2.75, 3.05) is 19.3 Å². The number of carbonyl (C=O) groups is 2. The third-order valence-electron chi connectivity index (χ3n) is 5.71. The van der Waals surface area contributed by atoms with Crippen molar-refractivity contribution in [2.24, 2.45) is 0 Å². The van der Waals surface area contributed by atoms with E-state index in [4.69, 9.17) is 10.5 Å². The van der Waals surface area contributed by atoms with Crippen molar-refractivity contribution in [3.05, 3.63) is 42.2 Å². The van der Waals surface area contributed by atoms with Gasteiger partial charge in [-0.1, -0.05) is 5.92 Å². The number of nitrogens with two attached hydrogens (primary N) is 1. The number of aliphatic hydroxyl groups is 2. The second-order valence-corrected chi connectivity index (χ2v) is 8.37. The first kappa shape index (κ1) is 25.0. The second-order valence-electron chi connectivity index (χ2n) is 8.37. The number of nitrogens with one attached hydrogen (secondary N) is 1. The molecule has 3 aromatic heterocycles. The van der Waals surface area contributed by atoms with Crippen LogP contribution in [0.25, 0.3) is 11.2 Å². The standard InChI is InChI=1S/C23H26N8O5/c1-12(2)30(22(35)13-6-4-8-26-10-13)9-5-7-14-28-19(24)15-20(29-14)31(11-27-15)23-17(33)16(32)18(36-23)21(34)25-3/h4,6,8,10-12,16-18,23,32-33H,9H2,1-3H3,(H,25,34)(H2,24,28,29)/t16?,17-,18+,23-/m1/s1. The molecule has 0 aliphatic carbocycles. The van der Waals surface area contributed by atoms with Gasteiger partial charge >= 0.3 is 0 Å². The van der Waals surface area contributed by atoms with Gasteiger partial charge in [-0.2, -0.15) is 0 Å². The van der Waals surface area contributed by atoms with Crippen LogP contribution in [0, 0.1) is 11.8 Å². The van der Waals surface area contributed by atoms with E-state index in [0.717, 1.165) is 0 Å². The second kappa shape index (κ2) is 10.2. The Morgan fingerprint density at radius 3 is 2.75 bits per heavy atom. The number of nitrogens with zero attached hydrogens (tertiary/aromatic N) is 6. The van der Waals surface area contributed by atoms with E-state index < -0.39 is 30.4 Å². The van der Waals surface area contributed by atoms with Crippen LogP contribution in [0.3, 0.4) is 0 Å². The molecule has 0 spiro atoms. The summed E-state index contributed by atoms with van der Waals surface area (Å²) < 4.78 is 6.97. The number of anilines is 1. The van der Waals surface area contributed by atoms with Crippen molar-refractivity contribution in [3.8, 4) is 11.8 Å². The SMILES string of the molecule is CNC(=O)[C@H]1O[C@@H](n2cnc3c(N)nc(C#CCN(C(=O)c4cccnc4)C(C)C)nc32)[C@H](O)C1O. The number of ether oxygens (including phenoxy) is 1. The summed E-state index contributed by atoms with van der Waals surface area (Å²) in [6.07, 6.45) is -0.879. The first-order chi connectivity index (χ1) is 17.2. The van der Waals surface area contributed by atoms with Gasteiger partial charge in [0.05, 0.1) is 18.4 Å². The summed E-state index contributed by atoms with van der Waals surface area (Å²) >= 11 is 0. The van der Waals surface area contributed by atoms with Gasteiger partial charge in [-0.3, -0.25) is 19.1 Å². The average molecular weight is 495 g/mol. The molecule has 4 rings (SSSR count). The Balaban J connectivity index is 1.60. The zero-order valence-corrected chi connectivity index (χ0v) is 19.9. The minimum absolute atomic E-state index is 0.0473. The van der Waals surface area contributed by atoms with E-state index in [1.165, 1.54) is 24.1 Å². The molecule has 0 radical (unpaired) electrons. The molecule has 1 unspecified atom stereocenters. The lowest BCUT2D eigenvalue weighted by Crippen LogP contribution is -2.41. The zero-order chi connectivity index (χ0) is 26.0. The molecule has 1 aliphatic heterocycles. The number of rotatable bonds is 5. The van der Waals surface area contributed by atoms with E-state index in [-0.39, 0.29) is 41.3 Å². The first-order valence-electron chi connectivity index (χ1n) is 11.2. The lowest BCUT2D eigenvalue weighted by molar-refractivity contribution is -0.137. The molecule has 36 heavy (non-hydrogen) atoms. The molecule has 13 heteroatoms. The summed E-state index contributed by atoms with van der Waals surface area (Å²) in [5.74, 6) is 5.04. The van der Waals surface area contributed by atoms with Crippen LogP contribution >= 0.6 is 0 Å². The third-order valence-corrected chi connectivity index (χ3v) is 5.71. The van der Waals surface area contributed by atoms with Crippen LogP contribution in [0.2, 0.25) is 0 Å². The Hall–Kier alpha value is -4.12. The van der Waals surface area contributed by atoms with Crippen molar-refractivity contribution in [2.45, 2.75) is 44.4 Å². The van der Waals surface area contributed by atoms with E-state index in [1.54, 1.807) is 23.2 Å². The minimum atomic E-state index is -1.45. The molecule has 0 bridgehead atoms. The number of carbonyl (C=O) groups excluding carboxylic acids is 2. The topological polar surface area (TPSA) is 182 Å². The fourth-order valence-corrected chi connectivity index (χ4v) is 3.78. The summed E-state index contributed by atoms with van der Waals surface area (Å²) in [5.41, 5.74) is 6.94. The predicted octanol–water partition coefficient (Wildman–Crippen LogP) is -0.929. The molecule has 3 aromatic rings.